The van der Waals surface area contributed by atoms with E-state index in [0.29, 0.717) is 6.04 Å². The van der Waals surface area contributed by atoms with Crippen molar-refractivity contribution in [3.05, 3.63) is 29.3 Å². The van der Waals surface area contributed by atoms with Gasteiger partial charge in [0.05, 0.1) is 0 Å². The van der Waals surface area contributed by atoms with E-state index < -0.39 is 0 Å². The quantitative estimate of drug-likeness (QED) is 0.612. The Morgan fingerprint density at radius 2 is 2.31 bits per heavy atom. The number of amides is 1. The van der Waals surface area contributed by atoms with E-state index in [2.05, 4.69) is 5.32 Å². The molecule has 2 aliphatic heterocycles. The summed E-state index contributed by atoms with van der Waals surface area (Å²) in [5.74, 6) is 0.160. The van der Waals surface area contributed by atoms with Crippen LogP contribution in [0.4, 0.5) is 5.69 Å². The molecule has 1 fully saturated rings. The minimum atomic E-state index is 0.160. The molecule has 1 aromatic rings. The van der Waals surface area contributed by atoms with E-state index in [-0.39, 0.29) is 5.91 Å². The van der Waals surface area contributed by atoms with Gasteiger partial charge in [0.2, 0.25) is 0 Å². The number of nitrogens with one attached hydrogen (secondary N) is 1. The van der Waals surface area contributed by atoms with Crippen LogP contribution in [0.2, 0.25) is 0 Å². The molecule has 1 aromatic carbocycles. The van der Waals surface area contributed by atoms with Gasteiger partial charge in [-0.05, 0) is 30.2 Å². The monoisotopic (exact) mass is 217 g/mol. The third-order valence-electron chi connectivity index (χ3n) is 3.43. The summed E-state index contributed by atoms with van der Waals surface area (Å²) in [6.07, 6.45) is 0.916. The Labute approximate surface area is 94.4 Å². The number of nitrogens with two attached hydrogens (primary N) is 1. The topological polar surface area (TPSA) is 58.4 Å². The van der Waals surface area contributed by atoms with Crippen LogP contribution in [0.15, 0.2) is 18.2 Å². The second-order valence-corrected chi connectivity index (χ2v) is 4.48. The lowest BCUT2D eigenvalue weighted by molar-refractivity contribution is 0.0606. The van der Waals surface area contributed by atoms with E-state index in [4.69, 9.17) is 5.73 Å². The first-order chi connectivity index (χ1) is 7.75. The van der Waals surface area contributed by atoms with Crippen LogP contribution in [-0.4, -0.2) is 36.5 Å². The number of fused-ring (bicyclic) bond motifs is 2. The van der Waals surface area contributed by atoms with Crippen LogP contribution < -0.4 is 11.1 Å². The molecule has 0 bridgehead atoms. The van der Waals surface area contributed by atoms with Gasteiger partial charge in [0, 0.05) is 36.9 Å². The molecule has 4 heteroatoms. The molecule has 2 aliphatic rings. The molecule has 0 aliphatic carbocycles. The summed E-state index contributed by atoms with van der Waals surface area (Å²) in [5.41, 5.74) is 8.41. The Bertz CT molecular complexity index is 444. The first-order valence-corrected chi connectivity index (χ1v) is 5.66. The minimum absolute atomic E-state index is 0.160. The summed E-state index contributed by atoms with van der Waals surface area (Å²) in [6, 6.07) is 5.89. The molecule has 1 amide bonds. The largest absolute Gasteiger partial charge is 0.399 e. The van der Waals surface area contributed by atoms with Crippen LogP contribution in [0.1, 0.15) is 15.9 Å². The zero-order chi connectivity index (χ0) is 11.1. The molecule has 1 unspecified atom stereocenters. The van der Waals surface area contributed by atoms with Gasteiger partial charge in [-0.1, -0.05) is 0 Å². The molecule has 0 radical (unpaired) electrons. The Morgan fingerprint density at radius 3 is 3.19 bits per heavy atom. The molecule has 3 N–H and O–H groups in total. The maximum Gasteiger partial charge on any atom is 0.254 e. The van der Waals surface area contributed by atoms with Crippen LogP contribution in [0.3, 0.4) is 0 Å². The Hall–Kier alpha value is -1.55. The van der Waals surface area contributed by atoms with E-state index in [1.54, 1.807) is 6.07 Å². The smallest absolute Gasteiger partial charge is 0.254 e. The number of piperazine rings is 1. The van der Waals surface area contributed by atoms with Crippen LogP contribution in [0.5, 0.6) is 0 Å². The fourth-order valence-electron chi connectivity index (χ4n) is 2.61. The van der Waals surface area contributed by atoms with Gasteiger partial charge in [0.25, 0.3) is 5.91 Å². The highest BCUT2D eigenvalue weighted by Crippen LogP contribution is 2.25. The van der Waals surface area contributed by atoms with E-state index in [1.807, 2.05) is 17.0 Å². The Balaban J connectivity index is 2.03. The lowest BCUT2D eigenvalue weighted by Crippen LogP contribution is -2.56. The summed E-state index contributed by atoms with van der Waals surface area (Å²) in [4.78, 5) is 14.2. The summed E-state index contributed by atoms with van der Waals surface area (Å²) in [6.45, 7) is 2.60. The summed E-state index contributed by atoms with van der Waals surface area (Å²) in [5, 5.41) is 3.32. The first-order valence-electron chi connectivity index (χ1n) is 5.66. The normalized spacial score (nSPS) is 23.9. The zero-order valence-corrected chi connectivity index (χ0v) is 9.07. The zero-order valence-electron chi connectivity index (χ0n) is 9.07. The summed E-state index contributed by atoms with van der Waals surface area (Å²) in [7, 11) is 0. The van der Waals surface area contributed by atoms with Gasteiger partial charge in [-0.3, -0.25) is 4.79 Å². The number of hydrogen-bond donors (Lipinski definition) is 2. The Kier molecular flexibility index (Phi) is 2.11. The molecule has 4 nitrogen and oxygen atoms in total. The van der Waals surface area contributed by atoms with Crippen molar-refractivity contribution < 1.29 is 4.79 Å². The molecule has 2 heterocycles. The van der Waals surface area contributed by atoms with Crippen LogP contribution >= 0.6 is 0 Å². The van der Waals surface area contributed by atoms with Gasteiger partial charge in [-0.15, -0.1) is 0 Å². The number of hydrogen-bond acceptors (Lipinski definition) is 3. The predicted octanol–water partition coefficient (Wildman–Crippen LogP) is 0.239. The van der Waals surface area contributed by atoms with E-state index in [9.17, 15) is 4.79 Å². The van der Waals surface area contributed by atoms with Gasteiger partial charge >= 0.3 is 0 Å². The summed E-state index contributed by atoms with van der Waals surface area (Å²) >= 11 is 0. The number of benzene rings is 1. The molecule has 1 atom stereocenters. The maximum atomic E-state index is 12.2. The second-order valence-electron chi connectivity index (χ2n) is 4.48. The van der Waals surface area contributed by atoms with Crippen LogP contribution in [-0.2, 0) is 6.42 Å². The highest BCUT2D eigenvalue weighted by molar-refractivity contribution is 5.97. The number of nitrogens with zero attached hydrogens (tertiary/aromatic N) is 1. The number of carbonyl (C=O) groups excluding carboxylic acids is 1. The highest BCUT2D eigenvalue weighted by Gasteiger charge is 2.33. The van der Waals surface area contributed by atoms with Gasteiger partial charge in [0.1, 0.15) is 0 Å². The second kappa shape index (κ2) is 3.49. The van der Waals surface area contributed by atoms with Gasteiger partial charge < -0.3 is 16.0 Å². The van der Waals surface area contributed by atoms with Crippen molar-refractivity contribution in [2.45, 2.75) is 12.5 Å². The van der Waals surface area contributed by atoms with Crippen molar-refractivity contribution in [3.63, 3.8) is 0 Å². The SMILES string of the molecule is Nc1ccc2c(c1)CC1CNCCN1C2=O. The van der Waals surface area contributed by atoms with Crippen molar-refractivity contribution in [3.8, 4) is 0 Å². The summed E-state index contributed by atoms with van der Waals surface area (Å²) < 4.78 is 0. The third kappa shape index (κ3) is 1.38. The van der Waals surface area contributed by atoms with Crippen molar-refractivity contribution in [1.82, 2.24) is 10.2 Å². The fourth-order valence-corrected chi connectivity index (χ4v) is 2.61. The van der Waals surface area contributed by atoms with E-state index >= 15 is 0 Å². The average Bonchev–Trinajstić information content (AvgIpc) is 2.29. The standard InChI is InChI=1S/C12H15N3O/c13-9-1-2-11-8(5-9)6-10-7-14-3-4-15(10)12(11)16/h1-2,5,10,14H,3-4,6-7,13H2. The van der Waals surface area contributed by atoms with Gasteiger partial charge in [-0.25, -0.2) is 0 Å². The van der Waals surface area contributed by atoms with E-state index in [0.717, 1.165) is 42.9 Å². The minimum Gasteiger partial charge on any atom is -0.399 e. The predicted molar refractivity (Wildman–Crippen MR) is 62.3 cm³/mol. The third-order valence-corrected chi connectivity index (χ3v) is 3.43. The number of anilines is 1. The molecule has 16 heavy (non-hydrogen) atoms. The molecular formula is C12H15N3O. The number of rotatable bonds is 0. The van der Waals surface area contributed by atoms with Crippen LogP contribution in [0.25, 0.3) is 0 Å². The molecule has 0 saturated carbocycles. The number of carbonyl (C=O) groups is 1. The Morgan fingerprint density at radius 1 is 1.44 bits per heavy atom. The molecule has 3 rings (SSSR count). The van der Waals surface area contributed by atoms with Gasteiger partial charge in [0.15, 0.2) is 0 Å². The average molecular weight is 217 g/mol. The maximum absolute atomic E-state index is 12.2. The fraction of sp³-hybridized carbons (Fsp3) is 0.417. The van der Waals surface area contributed by atoms with E-state index in [1.165, 1.54) is 0 Å². The van der Waals surface area contributed by atoms with Gasteiger partial charge in [-0.2, -0.15) is 0 Å². The lowest BCUT2D eigenvalue weighted by atomic mass is 9.92. The molecule has 0 aromatic heterocycles. The number of nitrogen functional groups attached to an aromatic ring is 1. The van der Waals surface area contributed by atoms with Crippen LogP contribution in [0, 0.1) is 0 Å². The highest BCUT2D eigenvalue weighted by atomic mass is 16.2. The molecule has 84 valence electrons. The molecular weight excluding hydrogens is 202 g/mol. The van der Waals surface area contributed by atoms with Crippen molar-refractivity contribution in [1.29, 1.82) is 0 Å². The molecule has 0 spiro atoms. The van der Waals surface area contributed by atoms with Crippen molar-refractivity contribution in [2.24, 2.45) is 0 Å². The first kappa shape index (κ1) is 9.66. The van der Waals surface area contributed by atoms with Crippen molar-refractivity contribution in [2.75, 3.05) is 25.4 Å². The van der Waals surface area contributed by atoms with Crippen molar-refractivity contribution >= 4 is 11.6 Å². The molecule has 1 saturated heterocycles. The lowest BCUT2D eigenvalue weighted by Gasteiger charge is -2.40.